The Morgan fingerprint density at radius 2 is 1.75 bits per heavy atom. The molecular weight excluding hydrogens is 344 g/mol. The smallest absolute Gasteiger partial charge is 0.344 e. The maximum Gasteiger partial charge on any atom is 0.344 e. The first-order valence-electron chi connectivity index (χ1n) is 7.28. The number of carboxylic acids is 3. The van der Waals surface area contributed by atoms with Crippen LogP contribution in [0.4, 0.5) is 0 Å². The molecule has 0 bridgehead atoms. The topological polar surface area (TPSA) is 158 Å². The van der Waals surface area contributed by atoms with Gasteiger partial charge < -0.3 is 25.2 Å². The molecule has 0 amide bonds. The first-order chi connectivity index (χ1) is 11.1. The number of carbonyl (C=O) groups is 4. The van der Waals surface area contributed by atoms with Crippen LogP contribution >= 0.6 is 11.8 Å². The maximum atomic E-state index is 11.8. The van der Waals surface area contributed by atoms with Gasteiger partial charge in [0.25, 0.3) is 0 Å². The molecule has 0 aliphatic carbocycles. The van der Waals surface area contributed by atoms with Gasteiger partial charge >= 0.3 is 17.9 Å². The molecule has 0 fully saturated rings. The summed E-state index contributed by atoms with van der Waals surface area (Å²) in [5, 5.41) is 36.1. The molecule has 0 aliphatic rings. The lowest BCUT2D eigenvalue weighted by atomic mass is 9.95. The highest BCUT2D eigenvalue weighted by atomic mass is 32.2. The zero-order valence-electron chi connectivity index (χ0n) is 13.3. The van der Waals surface area contributed by atoms with Crippen molar-refractivity contribution in [1.29, 1.82) is 0 Å². The fraction of sp³-hybridized carbons (Fsp3) is 0.714. The molecule has 0 aromatic heterocycles. The van der Waals surface area contributed by atoms with Crippen LogP contribution in [0.3, 0.4) is 0 Å². The van der Waals surface area contributed by atoms with Crippen molar-refractivity contribution in [2.24, 2.45) is 0 Å². The quantitative estimate of drug-likeness (QED) is 0.248. The predicted molar refractivity (Wildman–Crippen MR) is 84.1 cm³/mol. The minimum atomic E-state index is -3.15. The summed E-state index contributed by atoms with van der Waals surface area (Å²) < 4.78 is 4.87. The summed E-state index contributed by atoms with van der Waals surface area (Å²) in [6.45, 7) is 1.02. The van der Waals surface area contributed by atoms with E-state index in [1.54, 1.807) is 0 Å². The summed E-state index contributed by atoms with van der Waals surface area (Å²) in [6.07, 6.45) is -0.581. The lowest BCUT2D eigenvalue weighted by molar-refractivity contribution is -0.174. The number of aliphatic carboxylic acids is 3. The third-order valence-corrected chi connectivity index (χ3v) is 4.18. The van der Waals surface area contributed by atoms with E-state index in [-0.39, 0.29) is 6.42 Å². The second-order valence-corrected chi connectivity index (χ2v) is 6.28. The molecule has 0 heterocycles. The highest BCUT2D eigenvalue weighted by molar-refractivity contribution is 7.99. The second-order valence-electron chi connectivity index (χ2n) is 5.05. The Morgan fingerprint density at radius 1 is 1.12 bits per heavy atom. The van der Waals surface area contributed by atoms with Crippen LogP contribution in [0.1, 0.15) is 32.6 Å². The molecule has 9 nitrogen and oxygen atoms in total. The van der Waals surface area contributed by atoms with Crippen LogP contribution in [-0.2, 0) is 23.9 Å². The number of ether oxygens (including phenoxy) is 1. The van der Waals surface area contributed by atoms with E-state index in [0.29, 0.717) is 5.75 Å². The Bertz CT molecular complexity index is 465. The largest absolute Gasteiger partial charge is 0.481 e. The van der Waals surface area contributed by atoms with Crippen molar-refractivity contribution in [2.75, 3.05) is 18.1 Å². The minimum Gasteiger partial charge on any atom is -0.481 e. The number of hydrogen-bond donors (Lipinski definition) is 4. The molecule has 0 aromatic carbocycles. The van der Waals surface area contributed by atoms with Crippen LogP contribution in [0, 0.1) is 0 Å². The van der Waals surface area contributed by atoms with Gasteiger partial charge in [-0.05, 0) is 24.3 Å². The summed E-state index contributed by atoms with van der Waals surface area (Å²) >= 11 is 1.53. The zero-order valence-corrected chi connectivity index (χ0v) is 14.1. The second kappa shape index (κ2) is 11.0. The summed E-state index contributed by atoms with van der Waals surface area (Å²) in [4.78, 5) is 44.4. The number of aliphatic hydroxyl groups is 1. The maximum absolute atomic E-state index is 11.8. The number of unbranched alkanes of at least 4 members (excludes halogenated alkanes) is 1. The van der Waals surface area contributed by atoms with E-state index in [2.05, 4.69) is 0 Å². The standard InChI is InChI=1S/C14H22O9S/c1-2-3-5-24-6-4-9(12(18)19)23-8-10(15)14(22,13(20)21)7-11(16)17/h9,22H,2-8H2,1H3,(H,16,17)(H,18,19)(H,20,21). The highest BCUT2D eigenvalue weighted by Gasteiger charge is 2.46. The molecule has 0 rings (SSSR count). The molecule has 2 unspecified atom stereocenters. The highest BCUT2D eigenvalue weighted by Crippen LogP contribution is 2.15. The Morgan fingerprint density at radius 3 is 2.21 bits per heavy atom. The van der Waals surface area contributed by atoms with Gasteiger partial charge in [0.15, 0.2) is 6.10 Å². The van der Waals surface area contributed by atoms with E-state index in [4.69, 9.17) is 20.1 Å². The third kappa shape index (κ3) is 7.75. The number of hydrogen-bond acceptors (Lipinski definition) is 7. The first-order valence-corrected chi connectivity index (χ1v) is 8.43. The summed E-state index contributed by atoms with van der Waals surface area (Å²) in [7, 11) is 0. The number of rotatable bonds is 14. The van der Waals surface area contributed by atoms with Crippen LogP contribution in [0.15, 0.2) is 0 Å². The molecule has 0 saturated carbocycles. The van der Waals surface area contributed by atoms with E-state index in [1.807, 2.05) is 6.92 Å². The van der Waals surface area contributed by atoms with Gasteiger partial charge in [-0.1, -0.05) is 13.3 Å². The molecule has 4 N–H and O–H groups in total. The summed E-state index contributed by atoms with van der Waals surface area (Å²) in [5.41, 5.74) is -3.15. The van der Waals surface area contributed by atoms with E-state index in [0.717, 1.165) is 18.6 Å². The molecule has 0 aromatic rings. The van der Waals surface area contributed by atoms with Crippen molar-refractivity contribution in [2.45, 2.75) is 44.3 Å². The summed E-state index contributed by atoms with van der Waals surface area (Å²) in [5.74, 6) is -5.11. The number of Topliss-reactive ketones (excluding diaryl/α,β-unsaturated/α-hetero) is 1. The Labute approximate surface area is 143 Å². The van der Waals surface area contributed by atoms with Crippen LogP contribution in [0.2, 0.25) is 0 Å². The Kier molecular flexibility index (Phi) is 10.2. The van der Waals surface area contributed by atoms with Crippen molar-refractivity contribution < 1.29 is 44.3 Å². The molecule has 2 atom stereocenters. The molecule has 0 radical (unpaired) electrons. The molecule has 10 heteroatoms. The lowest BCUT2D eigenvalue weighted by Crippen LogP contribution is -2.50. The predicted octanol–water partition coefficient (Wildman–Crippen LogP) is 0.239. The lowest BCUT2D eigenvalue weighted by Gasteiger charge is -2.21. The Hall–Kier alpha value is -1.65. The van der Waals surface area contributed by atoms with Crippen LogP contribution in [0.25, 0.3) is 0 Å². The number of carboxylic acid groups (broad SMARTS) is 3. The number of ketones is 1. The Balaban J connectivity index is 4.61. The minimum absolute atomic E-state index is 0.0986. The monoisotopic (exact) mass is 366 g/mol. The number of carbonyl (C=O) groups excluding carboxylic acids is 1. The van der Waals surface area contributed by atoms with Gasteiger partial charge in [0.1, 0.15) is 6.61 Å². The van der Waals surface area contributed by atoms with Crippen molar-refractivity contribution >= 4 is 35.5 Å². The molecular formula is C14H22O9S. The van der Waals surface area contributed by atoms with Gasteiger partial charge in [-0.15, -0.1) is 0 Å². The van der Waals surface area contributed by atoms with Gasteiger partial charge in [0.2, 0.25) is 11.4 Å². The molecule has 0 saturated heterocycles. The number of thioether (sulfide) groups is 1. The van der Waals surface area contributed by atoms with E-state index < -0.39 is 48.4 Å². The molecule has 0 aliphatic heterocycles. The van der Waals surface area contributed by atoms with E-state index in [9.17, 15) is 24.3 Å². The van der Waals surface area contributed by atoms with Crippen molar-refractivity contribution in [3.8, 4) is 0 Å². The van der Waals surface area contributed by atoms with Gasteiger partial charge in [-0.25, -0.2) is 9.59 Å². The van der Waals surface area contributed by atoms with Crippen molar-refractivity contribution in [3.63, 3.8) is 0 Å². The molecule has 0 spiro atoms. The SMILES string of the molecule is CCCCSCCC(OCC(=O)C(O)(CC(=O)O)C(=O)O)C(=O)O. The van der Waals surface area contributed by atoms with Gasteiger partial charge in [-0.3, -0.25) is 9.59 Å². The average Bonchev–Trinajstić information content (AvgIpc) is 2.48. The van der Waals surface area contributed by atoms with Gasteiger partial charge in [0, 0.05) is 0 Å². The van der Waals surface area contributed by atoms with Crippen LogP contribution < -0.4 is 0 Å². The third-order valence-electron chi connectivity index (χ3n) is 3.08. The molecule has 24 heavy (non-hydrogen) atoms. The first kappa shape index (κ1) is 22.4. The van der Waals surface area contributed by atoms with Crippen LogP contribution in [0.5, 0.6) is 0 Å². The van der Waals surface area contributed by atoms with E-state index in [1.165, 1.54) is 11.8 Å². The van der Waals surface area contributed by atoms with Gasteiger partial charge in [-0.2, -0.15) is 11.8 Å². The summed E-state index contributed by atoms with van der Waals surface area (Å²) in [6, 6.07) is 0. The normalized spacial score (nSPS) is 14.6. The fourth-order valence-corrected chi connectivity index (χ4v) is 2.70. The fourth-order valence-electron chi connectivity index (χ4n) is 1.62. The van der Waals surface area contributed by atoms with Crippen molar-refractivity contribution in [1.82, 2.24) is 0 Å². The van der Waals surface area contributed by atoms with Crippen molar-refractivity contribution in [3.05, 3.63) is 0 Å². The van der Waals surface area contributed by atoms with Gasteiger partial charge in [0.05, 0.1) is 6.42 Å². The average molecular weight is 366 g/mol. The zero-order chi connectivity index (χ0) is 18.8. The van der Waals surface area contributed by atoms with E-state index >= 15 is 0 Å². The molecule has 138 valence electrons. The van der Waals surface area contributed by atoms with Crippen LogP contribution in [-0.4, -0.2) is 73.9 Å².